The Balaban J connectivity index is 0.000000225. The van der Waals surface area contributed by atoms with E-state index in [9.17, 15) is 4.79 Å². The predicted molar refractivity (Wildman–Crippen MR) is 73.3 cm³/mol. The highest BCUT2D eigenvalue weighted by Gasteiger charge is 2.03. The molecule has 0 amide bonds. The molecule has 0 fully saturated rings. The SMILES string of the molecule is C=C(C)C(=O)Oc1ccccc1.c1ccccc1. The molecule has 0 heterocycles. The Hall–Kier alpha value is -2.35. The molecule has 2 rings (SSSR count). The fraction of sp³-hybridized carbons (Fsp3) is 0.0625. The highest BCUT2D eigenvalue weighted by Crippen LogP contribution is 2.09. The van der Waals surface area contributed by atoms with Gasteiger partial charge in [0.1, 0.15) is 5.75 Å². The average molecular weight is 240 g/mol. The van der Waals surface area contributed by atoms with E-state index in [2.05, 4.69) is 6.58 Å². The molecule has 18 heavy (non-hydrogen) atoms. The van der Waals surface area contributed by atoms with Crippen LogP contribution in [-0.2, 0) is 4.79 Å². The van der Waals surface area contributed by atoms with Gasteiger partial charge >= 0.3 is 5.97 Å². The summed E-state index contributed by atoms with van der Waals surface area (Å²) in [7, 11) is 0. The normalized spacial score (nSPS) is 8.72. The van der Waals surface area contributed by atoms with Crippen LogP contribution in [0.3, 0.4) is 0 Å². The second-order valence-corrected chi connectivity index (χ2v) is 3.64. The van der Waals surface area contributed by atoms with Gasteiger partial charge in [-0.3, -0.25) is 0 Å². The maximum Gasteiger partial charge on any atom is 0.338 e. The summed E-state index contributed by atoms with van der Waals surface area (Å²) >= 11 is 0. The van der Waals surface area contributed by atoms with Crippen LogP contribution in [0.15, 0.2) is 78.9 Å². The molecule has 0 bridgehead atoms. The summed E-state index contributed by atoms with van der Waals surface area (Å²) in [6, 6.07) is 20.9. The third kappa shape index (κ3) is 5.66. The van der Waals surface area contributed by atoms with Crippen molar-refractivity contribution >= 4 is 5.97 Å². The number of benzene rings is 2. The zero-order valence-corrected chi connectivity index (χ0v) is 10.4. The Labute approximate surface area is 108 Å². The Morgan fingerprint density at radius 2 is 1.28 bits per heavy atom. The first-order valence-electron chi connectivity index (χ1n) is 5.63. The number of rotatable bonds is 2. The second-order valence-electron chi connectivity index (χ2n) is 3.64. The number of esters is 1. The number of hydrogen-bond acceptors (Lipinski definition) is 2. The average Bonchev–Trinajstić information content (AvgIpc) is 2.42. The number of ether oxygens (including phenoxy) is 1. The fourth-order valence-corrected chi connectivity index (χ4v) is 1.07. The van der Waals surface area contributed by atoms with Gasteiger partial charge in [-0.15, -0.1) is 0 Å². The minimum atomic E-state index is -0.388. The molecule has 0 unspecified atom stereocenters. The second kappa shape index (κ2) is 7.85. The summed E-state index contributed by atoms with van der Waals surface area (Å²) < 4.78 is 4.94. The summed E-state index contributed by atoms with van der Waals surface area (Å²) in [4.78, 5) is 11.0. The molecule has 0 aliphatic rings. The zero-order chi connectivity index (χ0) is 13.2. The molecule has 92 valence electrons. The highest BCUT2D eigenvalue weighted by atomic mass is 16.5. The van der Waals surface area contributed by atoms with Crippen molar-refractivity contribution in [1.82, 2.24) is 0 Å². The first-order valence-corrected chi connectivity index (χ1v) is 5.63. The van der Waals surface area contributed by atoms with E-state index in [1.165, 1.54) is 0 Å². The van der Waals surface area contributed by atoms with Gasteiger partial charge in [0.05, 0.1) is 0 Å². The Morgan fingerprint density at radius 3 is 1.67 bits per heavy atom. The van der Waals surface area contributed by atoms with E-state index in [-0.39, 0.29) is 5.97 Å². The lowest BCUT2D eigenvalue weighted by atomic mass is 10.3. The van der Waals surface area contributed by atoms with Gasteiger partial charge in [-0.25, -0.2) is 4.79 Å². The Kier molecular flexibility index (Phi) is 5.98. The van der Waals surface area contributed by atoms with E-state index < -0.39 is 0 Å². The number of para-hydroxylation sites is 1. The van der Waals surface area contributed by atoms with Gasteiger partial charge in [-0.1, -0.05) is 61.2 Å². The molecule has 0 aromatic heterocycles. The standard InChI is InChI=1S/C10H10O2.C6H6/c1-8(2)10(11)12-9-6-4-3-5-7-9;1-2-4-6-5-3-1/h3-7H,1H2,2H3;1-6H. The minimum absolute atomic E-state index is 0.388. The van der Waals surface area contributed by atoms with E-state index in [0.29, 0.717) is 11.3 Å². The van der Waals surface area contributed by atoms with E-state index in [1.807, 2.05) is 42.5 Å². The van der Waals surface area contributed by atoms with E-state index in [0.717, 1.165) is 0 Å². The molecule has 0 spiro atoms. The van der Waals surface area contributed by atoms with Gasteiger partial charge in [-0.05, 0) is 19.1 Å². The van der Waals surface area contributed by atoms with E-state index >= 15 is 0 Å². The number of carbonyl (C=O) groups excluding carboxylic acids is 1. The van der Waals surface area contributed by atoms with Crippen LogP contribution in [0, 0.1) is 0 Å². The minimum Gasteiger partial charge on any atom is -0.423 e. The molecule has 0 N–H and O–H groups in total. The van der Waals surface area contributed by atoms with E-state index in [1.54, 1.807) is 31.2 Å². The predicted octanol–water partition coefficient (Wildman–Crippen LogP) is 3.85. The molecule has 2 aromatic rings. The van der Waals surface area contributed by atoms with Crippen LogP contribution in [-0.4, -0.2) is 5.97 Å². The van der Waals surface area contributed by atoms with E-state index in [4.69, 9.17) is 4.74 Å². The van der Waals surface area contributed by atoms with Crippen molar-refractivity contribution in [2.45, 2.75) is 6.92 Å². The molecule has 0 aliphatic carbocycles. The maximum absolute atomic E-state index is 11.0. The first-order chi connectivity index (χ1) is 8.70. The van der Waals surface area contributed by atoms with Crippen molar-refractivity contribution < 1.29 is 9.53 Å². The summed E-state index contributed by atoms with van der Waals surface area (Å²) in [5.41, 5.74) is 0.402. The van der Waals surface area contributed by atoms with Crippen LogP contribution in [0.1, 0.15) is 6.92 Å². The van der Waals surface area contributed by atoms with Crippen LogP contribution in [0.5, 0.6) is 5.75 Å². The maximum atomic E-state index is 11.0. The fourth-order valence-electron chi connectivity index (χ4n) is 1.07. The lowest BCUT2D eigenvalue weighted by Gasteiger charge is -2.01. The molecule has 0 saturated carbocycles. The summed E-state index contributed by atoms with van der Waals surface area (Å²) in [6.07, 6.45) is 0. The molecule has 2 aromatic carbocycles. The molecular formula is C16H16O2. The third-order valence-electron chi connectivity index (χ3n) is 1.97. The summed E-state index contributed by atoms with van der Waals surface area (Å²) in [6.45, 7) is 5.09. The van der Waals surface area contributed by atoms with Crippen LogP contribution < -0.4 is 4.74 Å². The van der Waals surface area contributed by atoms with Crippen molar-refractivity contribution in [3.05, 3.63) is 78.9 Å². The molecule has 0 saturated heterocycles. The monoisotopic (exact) mass is 240 g/mol. The molecular weight excluding hydrogens is 224 g/mol. The lowest BCUT2D eigenvalue weighted by molar-refractivity contribution is -0.130. The summed E-state index contributed by atoms with van der Waals surface area (Å²) in [5, 5.41) is 0. The van der Waals surface area contributed by atoms with Gasteiger partial charge in [0, 0.05) is 5.57 Å². The Bertz CT molecular complexity index is 448. The molecule has 2 heteroatoms. The van der Waals surface area contributed by atoms with Gasteiger partial charge in [0.15, 0.2) is 0 Å². The van der Waals surface area contributed by atoms with Gasteiger partial charge < -0.3 is 4.74 Å². The van der Waals surface area contributed by atoms with Gasteiger partial charge in [-0.2, -0.15) is 0 Å². The van der Waals surface area contributed by atoms with Crippen molar-refractivity contribution in [3.8, 4) is 5.75 Å². The van der Waals surface area contributed by atoms with Crippen LogP contribution in [0.2, 0.25) is 0 Å². The van der Waals surface area contributed by atoms with Gasteiger partial charge in [0.25, 0.3) is 0 Å². The topological polar surface area (TPSA) is 26.3 Å². The first kappa shape index (κ1) is 13.7. The molecule has 2 nitrogen and oxygen atoms in total. The van der Waals surface area contributed by atoms with Crippen LogP contribution >= 0.6 is 0 Å². The third-order valence-corrected chi connectivity index (χ3v) is 1.97. The van der Waals surface area contributed by atoms with Crippen LogP contribution in [0.25, 0.3) is 0 Å². The van der Waals surface area contributed by atoms with Crippen molar-refractivity contribution in [2.75, 3.05) is 0 Å². The molecule has 0 radical (unpaired) electrons. The molecule has 0 aliphatic heterocycles. The van der Waals surface area contributed by atoms with Crippen molar-refractivity contribution in [1.29, 1.82) is 0 Å². The lowest BCUT2D eigenvalue weighted by Crippen LogP contribution is -2.07. The number of carbonyl (C=O) groups is 1. The largest absolute Gasteiger partial charge is 0.423 e. The zero-order valence-electron chi connectivity index (χ0n) is 10.4. The molecule has 0 atom stereocenters. The quantitative estimate of drug-likeness (QED) is 0.452. The summed E-state index contributed by atoms with van der Waals surface area (Å²) in [5.74, 6) is 0.159. The van der Waals surface area contributed by atoms with Crippen LogP contribution in [0.4, 0.5) is 0 Å². The Morgan fingerprint density at radius 1 is 0.889 bits per heavy atom. The van der Waals surface area contributed by atoms with Crippen molar-refractivity contribution in [2.24, 2.45) is 0 Å². The number of hydrogen-bond donors (Lipinski definition) is 0. The smallest absolute Gasteiger partial charge is 0.338 e. The highest BCUT2D eigenvalue weighted by molar-refractivity contribution is 5.88. The van der Waals surface area contributed by atoms with Gasteiger partial charge in [0.2, 0.25) is 0 Å². The van der Waals surface area contributed by atoms with Crippen molar-refractivity contribution in [3.63, 3.8) is 0 Å².